The molecule has 0 amide bonds. The van der Waals surface area contributed by atoms with Gasteiger partial charge in [0, 0.05) is 50.8 Å². The van der Waals surface area contributed by atoms with Gasteiger partial charge < -0.3 is 9.13 Å². The van der Waals surface area contributed by atoms with E-state index in [0.29, 0.717) is 38.9 Å². The van der Waals surface area contributed by atoms with Gasteiger partial charge in [-0.25, -0.2) is 0 Å². The van der Waals surface area contributed by atoms with Gasteiger partial charge >= 0.3 is 0 Å². The van der Waals surface area contributed by atoms with Crippen molar-refractivity contribution in [2.24, 2.45) is 0 Å². The van der Waals surface area contributed by atoms with Gasteiger partial charge in [-0.3, -0.25) is 4.98 Å². The largest absolute Gasteiger partial charge is 0.309 e. The van der Waals surface area contributed by atoms with Crippen molar-refractivity contribution in [3.05, 3.63) is 137 Å². The third-order valence-electron chi connectivity index (χ3n) is 8.76. The van der Waals surface area contributed by atoms with Crippen molar-refractivity contribution in [3.8, 4) is 52.8 Å². The van der Waals surface area contributed by atoms with Crippen LogP contribution in [0.2, 0.25) is 0 Å². The van der Waals surface area contributed by atoms with Crippen LogP contribution < -0.4 is 0 Å². The molecular weight excluding hydrogens is 592 g/mol. The maximum absolute atomic E-state index is 10.3. The number of hydrogen-bond donors (Lipinski definition) is 0. The molecule has 3 heterocycles. The summed E-state index contributed by atoms with van der Waals surface area (Å²) in [4.78, 5) is 4.48. The van der Waals surface area contributed by atoms with Gasteiger partial charge in [-0.05, 0) is 97.1 Å². The molecule has 0 unspecified atom stereocenters. The van der Waals surface area contributed by atoms with Crippen molar-refractivity contribution in [3.63, 3.8) is 0 Å². The Bertz CT molecular complexity index is 2760. The second kappa shape index (κ2) is 10.7. The predicted molar refractivity (Wildman–Crippen MR) is 182 cm³/mol. The van der Waals surface area contributed by atoms with Gasteiger partial charge in [-0.1, -0.05) is 0 Å². The summed E-state index contributed by atoms with van der Waals surface area (Å²) in [7, 11) is 0. The summed E-state index contributed by atoms with van der Waals surface area (Å²) >= 11 is 0. The first-order valence-electron chi connectivity index (χ1n) is 14.8. The first-order valence-corrected chi connectivity index (χ1v) is 14.8. The molecule has 218 valence electrons. The van der Waals surface area contributed by atoms with Gasteiger partial charge in [0.05, 0.1) is 85.9 Å². The quantitative estimate of drug-likeness (QED) is 0.197. The number of hydrogen-bond acceptors (Lipinski definition) is 6. The molecule has 8 rings (SSSR count). The Morgan fingerprint density at radius 2 is 0.896 bits per heavy atom. The molecule has 0 spiro atoms. The molecular formula is C40H18N8. The fourth-order valence-corrected chi connectivity index (χ4v) is 6.64. The minimum atomic E-state index is 0.451. The highest BCUT2D eigenvalue weighted by atomic mass is 15.0. The van der Waals surface area contributed by atoms with Crippen molar-refractivity contribution in [1.29, 1.82) is 26.3 Å². The van der Waals surface area contributed by atoms with Gasteiger partial charge in [-0.2, -0.15) is 26.3 Å². The van der Waals surface area contributed by atoms with Crippen molar-refractivity contribution in [2.75, 3.05) is 0 Å². The van der Waals surface area contributed by atoms with Crippen LogP contribution in [0.3, 0.4) is 0 Å². The lowest BCUT2D eigenvalue weighted by Crippen LogP contribution is -2.01. The molecule has 0 N–H and O–H groups in total. The Morgan fingerprint density at radius 3 is 1.33 bits per heavy atom. The average molecular weight is 611 g/mol. The van der Waals surface area contributed by atoms with E-state index in [0.717, 1.165) is 55.0 Å². The maximum Gasteiger partial charge on any atom is 0.0998 e. The number of fused-ring (bicyclic) bond motifs is 6. The van der Waals surface area contributed by atoms with E-state index in [9.17, 15) is 26.3 Å². The molecule has 8 aromatic rings. The Morgan fingerprint density at radius 1 is 0.438 bits per heavy atom. The Hall–Kier alpha value is -7.70. The van der Waals surface area contributed by atoms with Gasteiger partial charge in [-0.15, -0.1) is 0 Å². The monoisotopic (exact) mass is 610 g/mol. The van der Waals surface area contributed by atoms with E-state index in [1.807, 2.05) is 66.7 Å². The maximum atomic E-state index is 10.3. The second-order valence-electron chi connectivity index (χ2n) is 11.3. The van der Waals surface area contributed by atoms with Gasteiger partial charge in [0.25, 0.3) is 0 Å². The van der Waals surface area contributed by atoms with Crippen LogP contribution in [0.15, 0.2) is 109 Å². The molecule has 0 fully saturated rings. The molecule has 0 radical (unpaired) electrons. The van der Waals surface area contributed by atoms with Crippen LogP contribution in [0, 0.1) is 56.7 Å². The van der Waals surface area contributed by atoms with Crippen molar-refractivity contribution in [2.45, 2.75) is 0 Å². The number of nitrogens with zero attached hydrogens (tertiary/aromatic N) is 8. The molecule has 0 aliphatic heterocycles. The molecule has 5 aromatic carbocycles. The second-order valence-corrected chi connectivity index (χ2v) is 11.3. The standard InChI is InChI=1S/C40H18N8/c41-18-24-1-7-36-31(13-24)32-14-25(19-42)2-8-37(32)47(36)29-6-5-28(22-45)30(17-29)35-23-46-12-11-40(35)48-38-9-3-26(20-43)15-33(38)34-16-27(21-44)4-10-39(34)48/h1-17,23H. The number of aromatic nitrogens is 3. The topological polar surface area (TPSA) is 142 Å². The Balaban J connectivity index is 1.42. The molecule has 0 saturated heterocycles. The third kappa shape index (κ3) is 4.08. The van der Waals surface area contributed by atoms with Gasteiger partial charge in [0.1, 0.15) is 0 Å². The number of benzene rings is 5. The zero-order valence-electron chi connectivity index (χ0n) is 25.0. The predicted octanol–water partition coefficient (Wildman–Crippen LogP) is 8.30. The highest BCUT2D eigenvalue weighted by Crippen LogP contribution is 2.39. The van der Waals surface area contributed by atoms with Crippen LogP contribution in [-0.4, -0.2) is 14.1 Å². The molecule has 8 heteroatoms. The average Bonchev–Trinajstić information content (AvgIpc) is 3.65. The first-order chi connectivity index (χ1) is 23.6. The van der Waals surface area contributed by atoms with Crippen molar-refractivity contribution < 1.29 is 0 Å². The van der Waals surface area contributed by atoms with E-state index in [4.69, 9.17) is 0 Å². The van der Waals surface area contributed by atoms with Crippen LogP contribution in [0.5, 0.6) is 0 Å². The number of rotatable bonds is 3. The molecule has 8 nitrogen and oxygen atoms in total. The van der Waals surface area contributed by atoms with Crippen LogP contribution in [0.1, 0.15) is 27.8 Å². The van der Waals surface area contributed by atoms with Gasteiger partial charge in [0.2, 0.25) is 0 Å². The minimum absolute atomic E-state index is 0.451. The fraction of sp³-hybridized carbons (Fsp3) is 0. The third-order valence-corrected chi connectivity index (χ3v) is 8.76. The molecule has 3 aromatic heterocycles. The molecule has 0 bridgehead atoms. The highest BCUT2D eigenvalue weighted by Gasteiger charge is 2.20. The first kappa shape index (κ1) is 27.8. The van der Waals surface area contributed by atoms with Crippen molar-refractivity contribution >= 4 is 43.6 Å². The highest BCUT2D eigenvalue weighted by molar-refractivity contribution is 6.11. The Labute approximate surface area is 273 Å². The van der Waals surface area contributed by atoms with Crippen LogP contribution in [0.4, 0.5) is 0 Å². The smallest absolute Gasteiger partial charge is 0.0998 e. The SMILES string of the molecule is N#Cc1ccc2c(c1)c1cc(C#N)ccc1n2-c1ccc(C#N)c(-c2cnccc2-n2c3ccc(C#N)cc3c3cc(C#N)ccc32)c1. The fourth-order valence-electron chi connectivity index (χ4n) is 6.64. The summed E-state index contributed by atoms with van der Waals surface area (Å²) < 4.78 is 4.14. The van der Waals surface area contributed by atoms with Crippen LogP contribution >= 0.6 is 0 Å². The van der Waals surface area contributed by atoms with Crippen molar-refractivity contribution in [1.82, 2.24) is 14.1 Å². The van der Waals surface area contributed by atoms with E-state index >= 15 is 0 Å². The normalized spacial score (nSPS) is 10.8. The van der Waals surface area contributed by atoms with Crippen LogP contribution in [0.25, 0.3) is 66.1 Å². The van der Waals surface area contributed by atoms with E-state index < -0.39 is 0 Å². The number of nitriles is 5. The zero-order chi connectivity index (χ0) is 32.9. The van der Waals surface area contributed by atoms with E-state index in [-0.39, 0.29) is 0 Å². The van der Waals surface area contributed by atoms with E-state index in [1.165, 1.54) is 0 Å². The molecule has 0 aliphatic rings. The summed E-state index contributed by atoms with van der Waals surface area (Å²) in [5.41, 5.74) is 8.80. The lowest BCUT2D eigenvalue weighted by Gasteiger charge is -2.16. The summed E-state index contributed by atoms with van der Waals surface area (Å²) in [6.45, 7) is 0. The number of pyridine rings is 1. The lowest BCUT2D eigenvalue weighted by molar-refractivity contribution is 1.15. The summed E-state index contributed by atoms with van der Waals surface area (Å²) in [6.07, 6.45) is 3.44. The molecule has 48 heavy (non-hydrogen) atoms. The van der Waals surface area contributed by atoms with Crippen LogP contribution in [-0.2, 0) is 0 Å². The van der Waals surface area contributed by atoms with E-state index in [2.05, 4.69) is 44.5 Å². The van der Waals surface area contributed by atoms with E-state index in [1.54, 1.807) is 42.7 Å². The minimum Gasteiger partial charge on any atom is -0.309 e. The molecule has 0 saturated carbocycles. The lowest BCUT2D eigenvalue weighted by atomic mass is 9.99. The Kier molecular flexibility index (Phi) is 6.22. The summed E-state index contributed by atoms with van der Waals surface area (Å²) in [5, 5.41) is 52.2. The summed E-state index contributed by atoms with van der Waals surface area (Å²) in [5.74, 6) is 0. The summed E-state index contributed by atoms with van der Waals surface area (Å²) in [6, 6.07) is 40.7. The van der Waals surface area contributed by atoms with Gasteiger partial charge in [0.15, 0.2) is 0 Å². The zero-order valence-corrected chi connectivity index (χ0v) is 25.0. The molecule has 0 aliphatic carbocycles. The molecule has 0 atom stereocenters.